The number of anilines is 1. The zero-order valence-electron chi connectivity index (χ0n) is 13.3. The zero-order chi connectivity index (χ0) is 17.7. The molecule has 0 fully saturated rings. The Morgan fingerprint density at radius 3 is 2.46 bits per heavy atom. The Labute approximate surface area is 154 Å². The molecule has 0 spiro atoms. The molecule has 0 atom stereocenters. The molecule has 1 aromatic heterocycles. The Bertz CT molecular complexity index is 738. The molecule has 1 amide bonds. The van der Waals surface area contributed by atoms with Crippen molar-refractivity contribution in [3.05, 3.63) is 50.3 Å². The molecule has 2 rings (SSSR count). The van der Waals surface area contributed by atoms with Crippen LogP contribution in [-0.2, 0) is 22.4 Å². The summed E-state index contributed by atoms with van der Waals surface area (Å²) in [5.41, 5.74) is 0.931. The van der Waals surface area contributed by atoms with Crippen molar-refractivity contribution in [3.63, 3.8) is 0 Å². The lowest BCUT2D eigenvalue weighted by Gasteiger charge is -2.08. The maximum atomic E-state index is 12.3. The monoisotopic (exact) mass is 385 g/mol. The molecule has 0 radical (unpaired) electrons. The van der Waals surface area contributed by atoms with Crippen LogP contribution in [0.3, 0.4) is 0 Å². The predicted molar refractivity (Wildman–Crippen MR) is 98.4 cm³/mol. The van der Waals surface area contributed by atoms with Crippen LogP contribution in [0.4, 0.5) is 5.00 Å². The van der Waals surface area contributed by atoms with Gasteiger partial charge in [0, 0.05) is 14.9 Å². The quantitative estimate of drug-likeness (QED) is 0.713. The predicted octanol–water partition coefficient (Wildman–Crippen LogP) is 4.98. The summed E-state index contributed by atoms with van der Waals surface area (Å²) in [7, 11) is 0. The molecule has 0 aliphatic heterocycles. The number of carbonyl (C=O) groups is 2. The van der Waals surface area contributed by atoms with Gasteiger partial charge in [-0.25, -0.2) is 4.79 Å². The molecular formula is C17H17Cl2NO3S. The van der Waals surface area contributed by atoms with E-state index in [0.717, 1.165) is 11.3 Å². The van der Waals surface area contributed by atoms with E-state index in [0.29, 0.717) is 26.2 Å². The Balaban J connectivity index is 2.19. The molecule has 0 aliphatic rings. The van der Waals surface area contributed by atoms with Gasteiger partial charge in [-0.1, -0.05) is 36.2 Å². The second-order valence-corrected chi connectivity index (χ2v) is 6.91. The SMILES string of the molecule is CCOC(=O)c1cc(CC)sc1NC(=O)Cc1c(Cl)cccc1Cl. The topological polar surface area (TPSA) is 55.4 Å². The van der Waals surface area contributed by atoms with Crippen LogP contribution < -0.4 is 5.32 Å². The molecule has 128 valence electrons. The number of aryl methyl sites for hydroxylation is 1. The molecule has 0 unspecified atom stereocenters. The fourth-order valence-corrected chi connectivity index (χ4v) is 3.63. The van der Waals surface area contributed by atoms with Crippen LogP contribution in [0.2, 0.25) is 10.0 Å². The molecule has 0 aliphatic carbocycles. The van der Waals surface area contributed by atoms with Gasteiger partial charge in [-0.05, 0) is 37.1 Å². The van der Waals surface area contributed by atoms with E-state index in [9.17, 15) is 9.59 Å². The van der Waals surface area contributed by atoms with Gasteiger partial charge in [-0.2, -0.15) is 0 Å². The minimum Gasteiger partial charge on any atom is -0.462 e. The number of esters is 1. The van der Waals surface area contributed by atoms with Gasteiger partial charge in [0.05, 0.1) is 18.6 Å². The lowest BCUT2D eigenvalue weighted by Crippen LogP contribution is -2.16. The van der Waals surface area contributed by atoms with Gasteiger partial charge >= 0.3 is 5.97 Å². The van der Waals surface area contributed by atoms with Crippen molar-refractivity contribution in [3.8, 4) is 0 Å². The van der Waals surface area contributed by atoms with Crippen molar-refractivity contribution in [1.29, 1.82) is 0 Å². The van der Waals surface area contributed by atoms with E-state index in [4.69, 9.17) is 27.9 Å². The Kier molecular flexibility index (Phi) is 6.66. The third kappa shape index (κ3) is 4.50. The van der Waals surface area contributed by atoms with Crippen LogP contribution in [0, 0.1) is 0 Å². The first-order chi connectivity index (χ1) is 11.5. The summed E-state index contributed by atoms with van der Waals surface area (Å²) in [5, 5.41) is 4.12. The highest BCUT2D eigenvalue weighted by Crippen LogP contribution is 2.30. The molecule has 0 saturated carbocycles. The fraction of sp³-hybridized carbons (Fsp3) is 0.294. The molecule has 0 saturated heterocycles. The average Bonchev–Trinajstić information content (AvgIpc) is 2.94. The minimum atomic E-state index is -0.445. The number of thiophene rings is 1. The number of carbonyl (C=O) groups excluding carboxylic acids is 2. The van der Waals surface area contributed by atoms with Crippen LogP contribution >= 0.6 is 34.5 Å². The van der Waals surface area contributed by atoms with E-state index in [1.165, 1.54) is 11.3 Å². The molecule has 2 aromatic rings. The number of benzene rings is 1. The molecule has 1 N–H and O–H groups in total. The maximum absolute atomic E-state index is 12.3. The normalized spacial score (nSPS) is 10.5. The summed E-state index contributed by atoms with van der Waals surface area (Å²) >= 11 is 13.5. The standard InChI is InChI=1S/C17H17Cl2NO3S/c1-3-10-8-12(17(22)23-4-2)16(24-10)20-15(21)9-11-13(18)6-5-7-14(11)19/h5-8H,3-4,9H2,1-2H3,(H,20,21). The number of hydrogen-bond donors (Lipinski definition) is 1. The lowest BCUT2D eigenvalue weighted by atomic mass is 10.1. The number of amides is 1. The first-order valence-electron chi connectivity index (χ1n) is 7.48. The average molecular weight is 386 g/mol. The molecule has 1 heterocycles. The molecule has 0 bridgehead atoms. The number of nitrogens with one attached hydrogen (secondary N) is 1. The van der Waals surface area contributed by atoms with Gasteiger partial charge in [0.25, 0.3) is 0 Å². The lowest BCUT2D eigenvalue weighted by molar-refractivity contribution is -0.115. The van der Waals surface area contributed by atoms with Crippen molar-refractivity contribution in [2.75, 3.05) is 11.9 Å². The van der Waals surface area contributed by atoms with E-state index in [-0.39, 0.29) is 18.9 Å². The summed E-state index contributed by atoms with van der Waals surface area (Å²) in [6.45, 7) is 4.00. The van der Waals surface area contributed by atoms with Crippen molar-refractivity contribution in [2.24, 2.45) is 0 Å². The highest BCUT2D eigenvalue weighted by Gasteiger charge is 2.19. The van der Waals surface area contributed by atoms with Crippen LogP contribution in [0.25, 0.3) is 0 Å². The Hall–Kier alpha value is -1.56. The summed E-state index contributed by atoms with van der Waals surface area (Å²) in [4.78, 5) is 25.4. The third-order valence-electron chi connectivity index (χ3n) is 3.28. The van der Waals surface area contributed by atoms with Crippen LogP contribution in [0.1, 0.15) is 34.6 Å². The van der Waals surface area contributed by atoms with Crippen molar-refractivity contribution in [2.45, 2.75) is 26.7 Å². The van der Waals surface area contributed by atoms with E-state index >= 15 is 0 Å². The largest absolute Gasteiger partial charge is 0.462 e. The number of rotatable bonds is 6. The van der Waals surface area contributed by atoms with Crippen LogP contribution in [-0.4, -0.2) is 18.5 Å². The molecule has 7 heteroatoms. The van der Waals surface area contributed by atoms with Gasteiger partial charge in [-0.15, -0.1) is 11.3 Å². The highest BCUT2D eigenvalue weighted by molar-refractivity contribution is 7.16. The van der Waals surface area contributed by atoms with E-state index in [1.54, 1.807) is 31.2 Å². The van der Waals surface area contributed by atoms with Gasteiger partial charge < -0.3 is 10.1 Å². The van der Waals surface area contributed by atoms with Crippen LogP contribution in [0.5, 0.6) is 0 Å². The first-order valence-corrected chi connectivity index (χ1v) is 9.06. The van der Waals surface area contributed by atoms with Crippen molar-refractivity contribution < 1.29 is 14.3 Å². The van der Waals surface area contributed by atoms with Gasteiger partial charge in [0.1, 0.15) is 5.00 Å². The number of halogens is 2. The molecule has 4 nitrogen and oxygen atoms in total. The molecule has 24 heavy (non-hydrogen) atoms. The van der Waals surface area contributed by atoms with E-state index < -0.39 is 5.97 Å². The van der Waals surface area contributed by atoms with Gasteiger partial charge in [-0.3, -0.25) is 4.79 Å². The Morgan fingerprint density at radius 1 is 1.21 bits per heavy atom. The molecule has 1 aromatic carbocycles. The maximum Gasteiger partial charge on any atom is 0.341 e. The van der Waals surface area contributed by atoms with Crippen molar-refractivity contribution in [1.82, 2.24) is 0 Å². The highest BCUT2D eigenvalue weighted by atomic mass is 35.5. The fourth-order valence-electron chi connectivity index (χ4n) is 2.10. The molecular weight excluding hydrogens is 369 g/mol. The second-order valence-electron chi connectivity index (χ2n) is 4.95. The van der Waals surface area contributed by atoms with Crippen molar-refractivity contribution >= 4 is 51.4 Å². The summed E-state index contributed by atoms with van der Waals surface area (Å²) < 4.78 is 5.04. The summed E-state index contributed by atoms with van der Waals surface area (Å²) in [5.74, 6) is -0.737. The van der Waals surface area contributed by atoms with E-state index in [2.05, 4.69) is 5.32 Å². The van der Waals surface area contributed by atoms with Gasteiger partial charge in [0.15, 0.2) is 0 Å². The van der Waals surface area contributed by atoms with Crippen LogP contribution in [0.15, 0.2) is 24.3 Å². The minimum absolute atomic E-state index is 0.0279. The smallest absolute Gasteiger partial charge is 0.341 e. The van der Waals surface area contributed by atoms with Gasteiger partial charge in [0.2, 0.25) is 5.91 Å². The zero-order valence-corrected chi connectivity index (χ0v) is 15.6. The Morgan fingerprint density at radius 2 is 1.88 bits per heavy atom. The number of hydrogen-bond acceptors (Lipinski definition) is 4. The first kappa shape index (κ1) is 18.8. The van der Waals surface area contributed by atoms with E-state index in [1.807, 2.05) is 6.92 Å². The number of ether oxygens (including phenoxy) is 1. The summed E-state index contributed by atoms with van der Waals surface area (Å²) in [6.07, 6.45) is 0.795. The second kappa shape index (κ2) is 8.51. The third-order valence-corrected chi connectivity index (χ3v) is 5.18. The summed E-state index contributed by atoms with van der Waals surface area (Å²) in [6, 6.07) is 6.83.